The summed E-state index contributed by atoms with van der Waals surface area (Å²) < 4.78 is 0. The molecule has 1 amide bonds. The first kappa shape index (κ1) is 53.6. The highest BCUT2D eigenvalue weighted by Crippen LogP contribution is 2.15. The van der Waals surface area contributed by atoms with Crippen molar-refractivity contribution >= 4 is 5.91 Å². The second-order valence-electron chi connectivity index (χ2n) is 15.8. The maximum absolute atomic E-state index is 12.4. The van der Waals surface area contributed by atoms with Gasteiger partial charge in [-0.15, -0.1) is 0 Å². The molecule has 0 aromatic rings. The first-order valence-corrected chi connectivity index (χ1v) is 23.8. The van der Waals surface area contributed by atoms with Crippen LogP contribution < -0.4 is 5.32 Å². The van der Waals surface area contributed by atoms with Crippen LogP contribution in [0.15, 0.2) is 85.1 Å². The van der Waals surface area contributed by atoms with Crippen LogP contribution in [-0.4, -0.2) is 34.9 Å². The zero-order chi connectivity index (χ0) is 40.7. The summed E-state index contributed by atoms with van der Waals surface area (Å²) in [5.74, 6) is -0.107. The van der Waals surface area contributed by atoms with E-state index in [0.29, 0.717) is 6.42 Å². The molecule has 2 unspecified atom stereocenters. The van der Waals surface area contributed by atoms with Gasteiger partial charge in [0.25, 0.3) is 0 Å². The van der Waals surface area contributed by atoms with Gasteiger partial charge >= 0.3 is 0 Å². The van der Waals surface area contributed by atoms with Crippen LogP contribution in [0.3, 0.4) is 0 Å². The van der Waals surface area contributed by atoms with Crippen LogP contribution >= 0.6 is 0 Å². The van der Waals surface area contributed by atoms with E-state index in [-0.39, 0.29) is 12.5 Å². The molecule has 3 N–H and O–H groups in total. The maximum Gasteiger partial charge on any atom is 0.220 e. The quantitative estimate of drug-likeness (QED) is 0.0427. The number of hydrogen-bond acceptors (Lipinski definition) is 3. The van der Waals surface area contributed by atoms with E-state index in [9.17, 15) is 15.0 Å². The lowest BCUT2D eigenvalue weighted by molar-refractivity contribution is -0.123. The Morgan fingerprint density at radius 3 is 1.25 bits per heavy atom. The van der Waals surface area contributed by atoms with Crippen LogP contribution in [0.2, 0.25) is 0 Å². The van der Waals surface area contributed by atoms with Gasteiger partial charge in [0.05, 0.1) is 18.8 Å². The van der Waals surface area contributed by atoms with Crippen molar-refractivity contribution in [1.29, 1.82) is 0 Å². The first-order chi connectivity index (χ1) is 27.7. The molecule has 4 heteroatoms. The van der Waals surface area contributed by atoms with E-state index in [1.807, 2.05) is 6.08 Å². The monoisotopic (exact) mass is 778 g/mol. The molecule has 0 aliphatic carbocycles. The van der Waals surface area contributed by atoms with Gasteiger partial charge in [0.15, 0.2) is 0 Å². The summed E-state index contributed by atoms with van der Waals surface area (Å²) in [7, 11) is 0. The molecule has 0 aromatic heterocycles. The van der Waals surface area contributed by atoms with E-state index in [1.165, 1.54) is 122 Å². The Morgan fingerprint density at radius 1 is 0.446 bits per heavy atom. The molecule has 0 aromatic carbocycles. The fraction of sp³-hybridized carbons (Fsp3) is 0.712. The lowest BCUT2D eigenvalue weighted by Gasteiger charge is -2.19. The van der Waals surface area contributed by atoms with Crippen molar-refractivity contribution in [2.75, 3.05) is 6.61 Å². The van der Waals surface area contributed by atoms with Crippen LogP contribution in [0, 0.1) is 0 Å². The molecule has 0 radical (unpaired) electrons. The third-order valence-corrected chi connectivity index (χ3v) is 10.4. The van der Waals surface area contributed by atoms with Crippen molar-refractivity contribution in [3.63, 3.8) is 0 Å². The molecular formula is C52H91NO3. The van der Waals surface area contributed by atoms with Gasteiger partial charge in [-0.2, -0.15) is 0 Å². The zero-order valence-corrected chi connectivity index (χ0v) is 36.9. The molecule has 0 heterocycles. The Labute approximate surface area is 348 Å². The topological polar surface area (TPSA) is 69.6 Å². The summed E-state index contributed by atoms with van der Waals surface area (Å²) in [5, 5.41) is 23.0. The fourth-order valence-electron chi connectivity index (χ4n) is 6.75. The lowest BCUT2D eigenvalue weighted by Crippen LogP contribution is -2.45. The standard InChI is InChI=1S/C52H91NO3/c1-3-5-7-9-11-13-15-17-19-21-23-24-25-26-27-28-30-31-33-35-37-39-41-43-45-47-51(55)50(49-54)53-52(56)48-46-44-42-40-38-36-34-32-29-22-20-18-16-14-12-10-8-6-4-2/h6,8,12,14,18,20,29,32,36-39,45,47,50-51,54-55H,3-5,7,9-11,13,15-17,19,21-28,30-31,33-35,40-44,46,48-49H2,1-2H3,(H,53,56)/b8-6-,14-12-,20-18-,32-29-,38-36-,39-37+,47-45+. The molecule has 322 valence electrons. The Balaban J connectivity index is 3.66. The van der Waals surface area contributed by atoms with Gasteiger partial charge in [-0.25, -0.2) is 0 Å². The molecule has 0 bridgehead atoms. The normalized spacial score (nSPS) is 13.7. The van der Waals surface area contributed by atoms with E-state index >= 15 is 0 Å². The number of unbranched alkanes of at least 4 members (excludes halogenated alkanes) is 23. The number of carbonyl (C=O) groups is 1. The van der Waals surface area contributed by atoms with Crippen molar-refractivity contribution in [3.8, 4) is 0 Å². The average molecular weight is 778 g/mol. The molecule has 0 spiro atoms. The van der Waals surface area contributed by atoms with Crippen molar-refractivity contribution in [1.82, 2.24) is 5.32 Å². The lowest BCUT2D eigenvalue weighted by atomic mass is 10.0. The van der Waals surface area contributed by atoms with E-state index in [0.717, 1.165) is 77.0 Å². The molecule has 0 saturated heterocycles. The summed E-state index contributed by atoms with van der Waals surface area (Å²) in [6.45, 7) is 4.17. The number of amides is 1. The summed E-state index contributed by atoms with van der Waals surface area (Å²) in [6.07, 6.45) is 68.5. The SMILES string of the molecule is CC/C=C\C/C=C\C/C=C\C/C=C\C/C=C\CCCCCC(=O)NC(CO)C(O)/C=C/CC/C=C/CCCCCCCCCCCCCCCCCCCCC. The van der Waals surface area contributed by atoms with Gasteiger partial charge in [0.1, 0.15) is 0 Å². The van der Waals surface area contributed by atoms with Gasteiger partial charge in [-0.3, -0.25) is 4.79 Å². The van der Waals surface area contributed by atoms with Gasteiger partial charge in [-0.1, -0.05) is 221 Å². The van der Waals surface area contributed by atoms with Crippen LogP contribution in [0.5, 0.6) is 0 Å². The molecular weight excluding hydrogens is 687 g/mol. The van der Waals surface area contributed by atoms with E-state index in [4.69, 9.17) is 0 Å². The molecule has 0 rings (SSSR count). The fourth-order valence-corrected chi connectivity index (χ4v) is 6.75. The van der Waals surface area contributed by atoms with Gasteiger partial charge in [0.2, 0.25) is 5.91 Å². The van der Waals surface area contributed by atoms with Crippen LogP contribution in [-0.2, 0) is 4.79 Å². The Kier molecular flexibility index (Phi) is 44.9. The Bertz CT molecular complexity index is 1020. The van der Waals surface area contributed by atoms with Crippen LogP contribution in [0.4, 0.5) is 0 Å². The van der Waals surface area contributed by atoms with Crippen LogP contribution in [0.25, 0.3) is 0 Å². The highest BCUT2D eigenvalue weighted by atomic mass is 16.3. The molecule has 0 saturated carbocycles. The third-order valence-electron chi connectivity index (χ3n) is 10.4. The van der Waals surface area contributed by atoms with Crippen LogP contribution in [0.1, 0.15) is 219 Å². The van der Waals surface area contributed by atoms with Gasteiger partial charge < -0.3 is 15.5 Å². The number of aliphatic hydroxyl groups excluding tert-OH is 2. The number of carbonyl (C=O) groups excluding carboxylic acids is 1. The Morgan fingerprint density at radius 2 is 0.804 bits per heavy atom. The van der Waals surface area contributed by atoms with Gasteiger partial charge in [0, 0.05) is 6.42 Å². The zero-order valence-electron chi connectivity index (χ0n) is 36.9. The molecule has 4 nitrogen and oxygen atoms in total. The number of nitrogens with one attached hydrogen (secondary N) is 1. The summed E-state index contributed by atoms with van der Waals surface area (Å²) in [6, 6.07) is -0.662. The molecule has 2 atom stereocenters. The molecule has 56 heavy (non-hydrogen) atoms. The van der Waals surface area contributed by atoms with Crippen molar-refractivity contribution in [3.05, 3.63) is 85.1 Å². The summed E-state index contributed by atoms with van der Waals surface area (Å²) in [4.78, 5) is 12.4. The first-order valence-electron chi connectivity index (χ1n) is 23.8. The van der Waals surface area contributed by atoms with Crippen molar-refractivity contribution in [2.45, 2.75) is 231 Å². The minimum absolute atomic E-state index is 0.107. The second-order valence-corrected chi connectivity index (χ2v) is 15.8. The van der Waals surface area contributed by atoms with Gasteiger partial charge in [-0.05, 0) is 77.0 Å². The number of aliphatic hydroxyl groups is 2. The van der Waals surface area contributed by atoms with E-state index in [2.05, 4.69) is 92.1 Å². The predicted molar refractivity (Wildman–Crippen MR) is 248 cm³/mol. The van der Waals surface area contributed by atoms with Crippen molar-refractivity contribution in [2.24, 2.45) is 0 Å². The molecule has 0 aliphatic heterocycles. The number of rotatable bonds is 42. The minimum atomic E-state index is -0.882. The highest BCUT2D eigenvalue weighted by Gasteiger charge is 2.17. The third kappa shape index (κ3) is 42.7. The number of allylic oxidation sites excluding steroid dienone is 13. The smallest absolute Gasteiger partial charge is 0.220 e. The molecule has 0 aliphatic rings. The highest BCUT2D eigenvalue weighted by molar-refractivity contribution is 5.76. The maximum atomic E-state index is 12.4. The van der Waals surface area contributed by atoms with Crippen molar-refractivity contribution < 1.29 is 15.0 Å². The summed E-state index contributed by atoms with van der Waals surface area (Å²) >= 11 is 0. The Hall–Kier alpha value is -2.43. The predicted octanol–water partition coefficient (Wildman–Crippen LogP) is 15.2. The summed E-state index contributed by atoms with van der Waals surface area (Å²) in [5.41, 5.74) is 0. The largest absolute Gasteiger partial charge is 0.394 e. The number of hydrogen-bond donors (Lipinski definition) is 3. The minimum Gasteiger partial charge on any atom is -0.394 e. The van der Waals surface area contributed by atoms with E-state index in [1.54, 1.807) is 6.08 Å². The molecule has 0 fully saturated rings. The van der Waals surface area contributed by atoms with E-state index < -0.39 is 12.1 Å². The average Bonchev–Trinajstić information content (AvgIpc) is 3.20. The second kappa shape index (κ2) is 46.9.